The van der Waals surface area contributed by atoms with Gasteiger partial charge >= 0.3 is 0 Å². The number of hydrogen-bond acceptors (Lipinski definition) is 22. The van der Waals surface area contributed by atoms with Gasteiger partial charge in [-0.1, -0.05) is 116 Å². The molecule has 141 heavy (non-hydrogen) atoms. The van der Waals surface area contributed by atoms with E-state index in [0.717, 1.165) is 150 Å². The Hall–Kier alpha value is -17.7. The van der Waals surface area contributed by atoms with Gasteiger partial charge < -0.3 is 22.1 Å². The second-order valence-corrected chi connectivity index (χ2v) is 34.9. The van der Waals surface area contributed by atoms with Crippen molar-refractivity contribution in [2.75, 3.05) is 0 Å². The van der Waals surface area contributed by atoms with Crippen LogP contribution in [0.25, 0.3) is 85.7 Å². The van der Waals surface area contributed by atoms with Crippen molar-refractivity contribution < 1.29 is 30.9 Å². The summed E-state index contributed by atoms with van der Waals surface area (Å²) in [5, 5.41) is 0.635. The Kier molecular flexibility index (Phi) is 24.5. The van der Waals surface area contributed by atoms with Crippen LogP contribution >= 0.6 is 43.5 Å². The number of terminal acetylenes is 3. The van der Waals surface area contributed by atoms with E-state index in [0.29, 0.717) is 79.0 Å². The lowest BCUT2D eigenvalue weighted by atomic mass is 9.98. The van der Waals surface area contributed by atoms with Gasteiger partial charge in [0.05, 0.1) is 158 Å². The fourth-order valence-electron chi connectivity index (χ4n) is 17.9. The number of rotatable bonds is 10. The molecule has 0 aliphatic carbocycles. The van der Waals surface area contributed by atoms with E-state index >= 15 is 0 Å². The van der Waals surface area contributed by atoms with Crippen molar-refractivity contribution in [1.29, 1.82) is 0 Å². The van der Waals surface area contributed by atoms with Crippen molar-refractivity contribution >= 4 is 72.0 Å². The molecule has 5 atom stereocenters. The van der Waals surface area contributed by atoms with Gasteiger partial charge in [-0.05, 0) is 180 Å². The van der Waals surface area contributed by atoms with Gasteiger partial charge in [-0.25, -0.2) is 58.6 Å². The van der Waals surface area contributed by atoms with E-state index in [4.69, 9.17) is 77.9 Å². The summed E-state index contributed by atoms with van der Waals surface area (Å²) in [5.74, 6) is 10.4. The maximum absolute atomic E-state index is 14.7. The first-order chi connectivity index (χ1) is 68.9. The molecule has 25 rings (SSSR count). The first-order valence-corrected chi connectivity index (χ1v) is 46.1. The highest BCUT2D eigenvalue weighted by atomic mass is 79.9. The number of pyridine rings is 2. The summed E-state index contributed by atoms with van der Waals surface area (Å²) in [6, 6.07) is 60.9. The number of hydrogen-bond donors (Lipinski definition) is 0. The van der Waals surface area contributed by atoms with Crippen LogP contribution in [0.3, 0.4) is 0 Å². The van der Waals surface area contributed by atoms with E-state index in [1.54, 1.807) is 99.0 Å². The third-order valence-corrected chi connectivity index (χ3v) is 25.4. The van der Waals surface area contributed by atoms with E-state index in [-0.39, 0.29) is 41.8 Å². The summed E-state index contributed by atoms with van der Waals surface area (Å²) in [7, 11) is 0. The van der Waals surface area contributed by atoms with Gasteiger partial charge in [-0.3, -0.25) is 57.8 Å². The predicted octanol–water partition coefficient (Wildman–Crippen LogP) is 23.4. The largest absolute Gasteiger partial charge is 0.442 e. The monoisotopic (exact) mass is 2000 g/mol. The van der Waals surface area contributed by atoms with Gasteiger partial charge in [0.1, 0.15) is 71.7 Å². The van der Waals surface area contributed by atoms with Gasteiger partial charge in [-0.15, -0.1) is 19.3 Å². The fraction of sp³-hybridized carbons (Fsp3) is 0.0917. The zero-order valence-electron chi connectivity index (χ0n) is 75.3. The molecule has 5 aliphatic heterocycles. The SMILES string of the molecule is C#Cc1ccc2c(c1)C(c1ccccc1Cl)=N[C@H](C)c1c(-c3cnco3)ncn1-2.C#Cc1ccc2c(c1)C(c1ccccc1F)=N[C@H](C)c1c(-c3cnco3)ncn1-2.C#Cc1ccc2c(c1)C(c1ccccn1)=N[C@H](C)c1c(-c3cnco3)ncn1-2.C[C@H]1N=C(c2ccccc2F)c2cc(Br)ccc2-n2cnc(-c3cnco3)c21.C[C@H]1N=C(c2ccccn2)c2cc(Br)ccc2-n2cnc(-c3cnco3)c21. The minimum Gasteiger partial charge on any atom is -0.442 e. The number of benzene rings is 8. The van der Waals surface area contributed by atoms with E-state index in [2.05, 4.69) is 133 Å². The molecule has 0 N–H and O–H groups in total. The molecule has 0 spiro atoms. The molecule has 20 aromatic rings. The van der Waals surface area contributed by atoms with Crippen LogP contribution in [0.15, 0.2) is 363 Å². The molecule has 5 aliphatic rings. The highest BCUT2D eigenvalue weighted by Gasteiger charge is 2.36. The molecule has 17 heterocycles. The Balaban J connectivity index is 0.000000104. The number of nitrogens with zero attached hydrogens (tertiary/aromatic N) is 22. The summed E-state index contributed by atoms with van der Waals surface area (Å²) < 4.78 is 68.7. The average molecular weight is 2000 g/mol. The summed E-state index contributed by atoms with van der Waals surface area (Å²) in [6.07, 6.45) is 44.5. The van der Waals surface area contributed by atoms with E-state index in [1.807, 2.05) is 198 Å². The number of oxazole rings is 5. The summed E-state index contributed by atoms with van der Waals surface area (Å²) >= 11 is 13.6. The molecule has 0 bridgehead atoms. The number of imidazole rings is 5. The van der Waals surface area contributed by atoms with Crippen LogP contribution in [-0.2, 0) is 0 Å². The summed E-state index contributed by atoms with van der Waals surface area (Å²) in [6.45, 7) is 10.0. The van der Waals surface area contributed by atoms with Gasteiger partial charge in [-0.2, -0.15) is 0 Å². The summed E-state index contributed by atoms with van der Waals surface area (Å²) in [4.78, 5) is 76.8. The van der Waals surface area contributed by atoms with Crippen LogP contribution < -0.4 is 0 Å². The zero-order valence-corrected chi connectivity index (χ0v) is 79.2. The fourth-order valence-corrected chi connectivity index (χ4v) is 18.8. The Labute approximate surface area is 826 Å². The lowest BCUT2D eigenvalue weighted by Crippen LogP contribution is -2.09. The minimum absolute atomic E-state index is 0.143. The van der Waals surface area contributed by atoms with Crippen molar-refractivity contribution in [3.8, 4) is 123 Å². The molecule has 12 aromatic heterocycles. The van der Waals surface area contributed by atoms with Crippen LogP contribution in [0.1, 0.15) is 166 Å². The smallest absolute Gasteiger partial charge is 0.181 e. The quantitative estimate of drug-likeness (QED) is 0.115. The molecular weight excluding hydrogens is 1930 g/mol. The van der Waals surface area contributed by atoms with Gasteiger partial charge in [0, 0.05) is 87.6 Å². The molecule has 0 saturated carbocycles. The van der Waals surface area contributed by atoms with E-state index in [9.17, 15) is 8.78 Å². The van der Waals surface area contributed by atoms with Crippen LogP contribution in [0.5, 0.6) is 0 Å². The first-order valence-electron chi connectivity index (χ1n) is 44.2. The number of aromatic nitrogens is 17. The molecule has 0 unspecified atom stereocenters. The van der Waals surface area contributed by atoms with Crippen molar-refractivity contribution in [3.05, 3.63) is 434 Å². The van der Waals surface area contributed by atoms with E-state index < -0.39 is 0 Å². The number of halogens is 5. The standard InChI is InChI=1S/C23H15ClN4O.C23H15FN4O.C22H15N5O.C21H14BrFN4O.C20H14BrN5O/c2*1-3-15-8-9-19-17(10-15)21(16-6-4-5-7-18(16)24)27-14(2)23-22(26-12-28(19)23)20-11-25-13-29-20;1-3-15-7-8-18-16(10-15)20(17-6-4-5-9-24-17)26-14(2)22-21(25-12-27(18)22)19-11-23-13-28-19;1-12-21-20(18-9-24-11-28-18)25-10-27(21)17-7-6-13(22)8-15(17)19(26-12)14-4-2-3-5-16(14)23;1-12-20-19(17-9-22-11-27-17)24-10-26(20)16-6-5-13(21)8-14(16)18(25-12)15-4-2-3-7-23-15/h2*1,4-14H,2H3;1,4-14H,2H3;2-12H,1H3;2-12H,1H3/t3*14-;2*12-/m11111/s1. The Morgan fingerprint density at radius 3 is 0.844 bits per heavy atom. The zero-order chi connectivity index (χ0) is 96.6. The van der Waals surface area contributed by atoms with Gasteiger partial charge in [0.2, 0.25) is 0 Å². The Morgan fingerprint density at radius 1 is 0.298 bits per heavy atom. The van der Waals surface area contributed by atoms with Gasteiger partial charge in [0.15, 0.2) is 60.8 Å². The maximum atomic E-state index is 14.7. The number of fused-ring (bicyclic) bond motifs is 15. The van der Waals surface area contributed by atoms with Crippen molar-refractivity contribution in [1.82, 2.24) is 82.6 Å². The molecule has 0 radical (unpaired) electrons. The van der Waals surface area contributed by atoms with Crippen molar-refractivity contribution in [3.63, 3.8) is 0 Å². The second kappa shape index (κ2) is 38.5. The minimum atomic E-state index is -0.337. The van der Waals surface area contributed by atoms with Crippen LogP contribution in [-0.4, -0.2) is 111 Å². The number of aliphatic imine (C=N–C) groups is 5. The Bertz CT molecular complexity index is 8260. The normalized spacial score (nSPS) is 15.3. The predicted molar refractivity (Wildman–Crippen MR) is 538 cm³/mol. The molecule has 0 saturated heterocycles. The lowest BCUT2D eigenvalue weighted by molar-refractivity contribution is 0.568. The van der Waals surface area contributed by atoms with Crippen LogP contribution in [0, 0.1) is 48.7 Å². The molecule has 0 amide bonds. The summed E-state index contributed by atoms with van der Waals surface area (Å²) in [5.41, 5.74) is 26.2. The lowest BCUT2D eigenvalue weighted by Gasteiger charge is -2.13. The average Bonchev–Trinajstić information content (AvgIpc) is 1.62. The first kappa shape index (κ1) is 89.8. The highest BCUT2D eigenvalue weighted by molar-refractivity contribution is 9.10. The molecule has 0 fully saturated rings. The molecule has 8 aromatic carbocycles. The molecular formula is C109H73Br2ClF2N22O5. The van der Waals surface area contributed by atoms with Crippen molar-refractivity contribution in [2.45, 2.75) is 64.8 Å². The maximum Gasteiger partial charge on any atom is 0.181 e. The van der Waals surface area contributed by atoms with Gasteiger partial charge in [0.25, 0.3) is 0 Å². The van der Waals surface area contributed by atoms with E-state index in [1.165, 1.54) is 44.1 Å². The Morgan fingerprint density at radius 2 is 0.560 bits per heavy atom. The van der Waals surface area contributed by atoms with Crippen LogP contribution in [0.4, 0.5) is 8.78 Å². The molecule has 684 valence electrons. The second-order valence-electron chi connectivity index (χ2n) is 32.7. The topological polar surface area (TPSA) is 307 Å². The van der Waals surface area contributed by atoms with Crippen molar-refractivity contribution in [2.24, 2.45) is 25.0 Å². The molecule has 27 nitrogen and oxygen atoms in total. The highest BCUT2D eigenvalue weighted by Crippen LogP contribution is 2.45. The molecule has 32 heteroatoms. The third-order valence-electron chi connectivity index (χ3n) is 24.1. The van der Waals surface area contributed by atoms with Crippen LogP contribution in [0.2, 0.25) is 5.02 Å². The third kappa shape index (κ3) is 17.0.